The lowest BCUT2D eigenvalue weighted by molar-refractivity contribution is -0.144. The summed E-state index contributed by atoms with van der Waals surface area (Å²) in [7, 11) is 0. The Morgan fingerprint density at radius 3 is 2.38 bits per heavy atom. The summed E-state index contributed by atoms with van der Waals surface area (Å²) in [6.07, 6.45) is -1.30. The molecule has 1 fully saturated rings. The van der Waals surface area contributed by atoms with Crippen LogP contribution >= 0.6 is 0 Å². The summed E-state index contributed by atoms with van der Waals surface area (Å²) >= 11 is 0. The Kier molecular flexibility index (Phi) is 4.90. The third-order valence-electron chi connectivity index (χ3n) is 3.57. The van der Waals surface area contributed by atoms with Gasteiger partial charge in [0.15, 0.2) is 0 Å². The molecule has 0 radical (unpaired) electrons. The van der Waals surface area contributed by atoms with Crippen molar-refractivity contribution in [1.29, 1.82) is 0 Å². The van der Waals surface area contributed by atoms with Crippen LogP contribution in [0.5, 0.6) is 0 Å². The maximum Gasteiger partial charge on any atom is 0.451 e. The Hall–Kier alpha value is -1.53. The molecule has 4 nitrogen and oxygen atoms in total. The molecule has 0 amide bonds. The molecular formula is C14H21F3N4. The molecule has 0 bridgehead atoms. The molecular weight excluding hydrogens is 281 g/mol. The quantitative estimate of drug-likeness (QED) is 0.805. The van der Waals surface area contributed by atoms with E-state index in [4.69, 9.17) is 0 Å². The molecule has 1 aliphatic carbocycles. The third-order valence-corrected chi connectivity index (χ3v) is 3.57. The molecule has 1 aromatic heterocycles. The smallest absolute Gasteiger partial charge is 0.370 e. The highest BCUT2D eigenvalue weighted by atomic mass is 19.4. The highest BCUT2D eigenvalue weighted by Crippen LogP contribution is 2.36. The topological polar surface area (TPSA) is 49.8 Å². The number of rotatable bonds is 7. The van der Waals surface area contributed by atoms with Crippen molar-refractivity contribution in [2.24, 2.45) is 11.8 Å². The van der Waals surface area contributed by atoms with Crippen molar-refractivity contribution in [3.63, 3.8) is 0 Å². The minimum absolute atomic E-state index is 0.209. The first-order valence-corrected chi connectivity index (χ1v) is 7.34. The summed E-state index contributed by atoms with van der Waals surface area (Å²) < 4.78 is 38.5. The molecule has 2 N–H and O–H groups in total. The lowest BCUT2D eigenvalue weighted by Gasteiger charge is -2.15. The summed E-state index contributed by atoms with van der Waals surface area (Å²) in [5, 5.41) is 5.88. The average Bonchev–Trinajstić information content (AvgIpc) is 3.26. The molecule has 2 rings (SSSR count). The zero-order chi connectivity index (χ0) is 15.5. The first-order valence-electron chi connectivity index (χ1n) is 7.34. The van der Waals surface area contributed by atoms with Crippen LogP contribution in [-0.2, 0) is 6.18 Å². The van der Waals surface area contributed by atoms with Crippen molar-refractivity contribution in [1.82, 2.24) is 9.97 Å². The number of nitrogens with zero attached hydrogens (tertiary/aromatic N) is 2. The van der Waals surface area contributed by atoms with Crippen LogP contribution in [0.1, 0.15) is 38.9 Å². The SMILES string of the molecule is CCCNc1cc(NCC(C)C2CC2)nc(C(F)(F)F)n1. The second-order valence-corrected chi connectivity index (χ2v) is 5.58. The maximum atomic E-state index is 12.8. The van der Waals surface area contributed by atoms with E-state index in [0.29, 0.717) is 24.9 Å². The van der Waals surface area contributed by atoms with Gasteiger partial charge < -0.3 is 10.6 Å². The Labute approximate surface area is 122 Å². The van der Waals surface area contributed by atoms with E-state index < -0.39 is 12.0 Å². The Morgan fingerprint density at radius 2 is 1.86 bits per heavy atom. The van der Waals surface area contributed by atoms with Crippen LogP contribution in [0.4, 0.5) is 24.8 Å². The summed E-state index contributed by atoms with van der Waals surface area (Å²) in [6, 6.07) is 1.53. The van der Waals surface area contributed by atoms with Gasteiger partial charge in [0.2, 0.25) is 5.82 Å². The van der Waals surface area contributed by atoms with E-state index in [0.717, 1.165) is 6.42 Å². The average molecular weight is 302 g/mol. The van der Waals surface area contributed by atoms with E-state index in [1.807, 2.05) is 6.92 Å². The van der Waals surface area contributed by atoms with Gasteiger partial charge in [0.25, 0.3) is 0 Å². The summed E-state index contributed by atoms with van der Waals surface area (Å²) in [5.74, 6) is 0.467. The van der Waals surface area contributed by atoms with Crippen molar-refractivity contribution in [2.75, 3.05) is 23.7 Å². The fourth-order valence-electron chi connectivity index (χ4n) is 2.11. The second kappa shape index (κ2) is 6.49. The number of hydrogen-bond donors (Lipinski definition) is 2. The molecule has 1 unspecified atom stereocenters. The van der Waals surface area contributed by atoms with Gasteiger partial charge in [-0.15, -0.1) is 0 Å². The second-order valence-electron chi connectivity index (χ2n) is 5.58. The number of alkyl halides is 3. The normalized spacial score (nSPS) is 16.6. The predicted molar refractivity (Wildman–Crippen MR) is 76.2 cm³/mol. The van der Waals surface area contributed by atoms with Crippen LogP contribution in [0.3, 0.4) is 0 Å². The van der Waals surface area contributed by atoms with Gasteiger partial charge in [-0.3, -0.25) is 0 Å². The fraction of sp³-hybridized carbons (Fsp3) is 0.714. The minimum Gasteiger partial charge on any atom is -0.370 e. The zero-order valence-electron chi connectivity index (χ0n) is 12.3. The summed E-state index contributed by atoms with van der Waals surface area (Å²) in [4.78, 5) is 7.11. The molecule has 1 aliphatic rings. The minimum atomic E-state index is -4.54. The van der Waals surface area contributed by atoms with E-state index in [1.165, 1.54) is 18.9 Å². The molecule has 0 aromatic carbocycles. The van der Waals surface area contributed by atoms with Gasteiger partial charge >= 0.3 is 6.18 Å². The van der Waals surface area contributed by atoms with Crippen LogP contribution in [0.15, 0.2) is 6.07 Å². The zero-order valence-corrected chi connectivity index (χ0v) is 12.3. The van der Waals surface area contributed by atoms with E-state index in [9.17, 15) is 13.2 Å². The highest BCUT2D eigenvalue weighted by Gasteiger charge is 2.35. The van der Waals surface area contributed by atoms with Crippen molar-refractivity contribution in [3.8, 4) is 0 Å². The van der Waals surface area contributed by atoms with Crippen LogP contribution < -0.4 is 10.6 Å². The van der Waals surface area contributed by atoms with Crippen LogP contribution in [0.2, 0.25) is 0 Å². The van der Waals surface area contributed by atoms with Crippen LogP contribution in [0, 0.1) is 11.8 Å². The molecule has 1 saturated carbocycles. The molecule has 1 aromatic rings. The predicted octanol–water partition coefficient (Wildman–Crippen LogP) is 3.78. The summed E-state index contributed by atoms with van der Waals surface area (Å²) in [5.41, 5.74) is 0. The molecule has 0 spiro atoms. The Bertz CT molecular complexity index is 472. The van der Waals surface area contributed by atoms with Gasteiger partial charge in [0.05, 0.1) is 0 Å². The van der Waals surface area contributed by atoms with Gasteiger partial charge in [0.1, 0.15) is 11.6 Å². The molecule has 1 atom stereocenters. The van der Waals surface area contributed by atoms with Gasteiger partial charge in [-0.05, 0) is 31.1 Å². The van der Waals surface area contributed by atoms with Crippen molar-refractivity contribution >= 4 is 11.6 Å². The van der Waals surface area contributed by atoms with E-state index in [-0.39, 0.29) is 11.6 Å². The number of anilines is 2. The van der Waals surface area contributed by atoms with Crippen LogP contribution in [0.25, 0.3) is 0 Å². The van der Waals surface area contributed by atoms with Crippen molar-refractivity contribution in [2.45, 2.75) is 39.3 Å². The molecule has 1 heterocycles. The maximum absolute atomic E-state index is 12.8. The molecule has 118 valence electrons. The third kappa shape index (κ3) is 4.75. The first kappa shape index (κ1) is 15.9. The molecule has 21 heavy (non-hydrogen) atoms. The molecule has 0 saturated heterocycles. The number of halogens is 3. The monoisotopic (exact) mass is 302 g/mol. The Balaban J connectivity index is 2.09. The lowest BCUT2D eigenvalue weighted by atomic mass is 10.1. The van der Waals surface area contributed by atoms with E-state index >= 15 is 0 Å². The highest BCUT2D eigenvalue weighted by molar-refractivity contribution is 5.47. The number of nitrogens with one attached hydrogen (secondary N) is 2. The van der Waals surface area contributed by atoms with Crippen LogP contribution in [-0.4, -0.2) is 23.1 Å². The van der Waals surface area contributed by atoms with Crippen molar-refractivity contribution in [3.05, 3.63) is 11.9 Å². The standard InChI is InChI=1S/C14H21F3N4/c1-3-6-18-11-7-12(19-8-9(2)10-4-5-10)21-13(20-11)14(15,16)17/h7,9-10H,3-6,8H2,1-2H3,(H2,18,19,20,21). The lowest BCUT2D eigenvalue weighted by Crippen LogP contribution is -2.18. The van der Waals surface area contributed by atoms with Crippen molar-refractivity contribution < 1.29 is 13.2 Å². The van der Waals surface area contributed by atoms with Gasteiger partial charge in [0, 0.05) is 19.2 Å². The number of hydrogen-bond acceptors (Lipinski definition) is 4. The van der Waals surface area contributed by atoms with Gasteiger partial charge in [-0.2, -0.15) is 13.2 Å². The van der Waals surface area contributed by atoms with Gasteiger partial charge in [-0.1, -0.05) is 13.8 Å². The molecule has 7 heteroatoms. The number of aromatic nitrogens is 2. The first-order chi connectivity index (χ1) is 9.90. The van der Waals surface area contributed by atoms with Gasteiger partial charge in [-0.25, -0.2) is 9.97 Å². The fourth-order valence-corrected chi connectivity index (χ4v) is 2.11. The largest absolute Gasteiger partial charge is 0.451 e. The molecule has 0 aliphatic heterocycles. The summed E-state index contributed by atoms with van der Waals surface area (Å²) in [6.45, 7) is 5.25. The van der Waals surface area contributed by atoms with E-state index in [2.05, 4.69) is 27.5 Å². The van der Waals surface area contributed by atoms with E-state index in [1.54, 1.807) is 0 Å². The Morgan fingerprint density at radius 1 is 1.24 bits per heavy atom.